The molecule has 0 radical (unpaired) electrons. The van der Waals surface area contributed by atoms with Crippen molar-refractivity contribution in [3.63, 3.8) is 0 Å². The number of ether oxygens (including phenoxy) is 1. The predicted octanol–water partition coefficient (Wildman–Crippen LogP) is 2.19. The zero-order chi connectivity index (χ0) is 14.7. The lowest BCUT2D eigenvalue weighted by Gasteiger charge is -2.32. The lowest BCUT2D eigenvalue weighted by atomic mass is 9.82. The van der Waals surface area contributed by atoms with Crippen molar-refractivity contribution in [2.24, 2.45) is 0 Å². The molecule has 1 spiro atoms. The van der Waals surface area contributed by atoms with Crippen LogP contribution in [-0.4, -0.2) is 33.9 Å². The van der Waals surface area contributed by atoms with Gasteiger partial charge in [-0.15, -0.1) is 0 Å². The van der Waals surface area contributed by atoms with Gasteiger partial charge in [-0.3, -0.25) is 9.48 Å². The van der Waals surface area contributed by atoms with E-state index >= 15 is 0 Å². The number of amides is 1. The van der Waals surface area contributed by atoms with Crippen LogP contribution in [0.1, 0.15) is 50.6 Å². The Hall–Kier alpha value is -1.36. The summed E-state index contributed by atoms with van der Waals surface area (Å²) in [5.74, 6) is 0.103. The van der Waals surface area contributed by atoms with Crippen molar-refractivity contribution in [1.29, 1.82) is 0 Å². The predicted molar refractivity (Wildman–Crippen MR) is 79.9 cm³/mol. The first kappa shape index (κ1) is 14.6. The lowest BCUT2D eigenvalue weighted by Crippen LogP contribution is -2.37. The van der Waals surface area contributed by atoms with Crippen molar-refractivity contribution in [2.45, 2.75) is 70.1 Å². The van der Waals surface area contributed by atoms with E-state index in [1.165, 1.54) is 19.3 Å². The standard InChI is InChI=1S/C16H25N3O2/c1-13-5-9-17-19(13)10-6-15(20)18-14-11-16(21-12-14)7-3-2-4-8-16/h5,9,14H,2-4,6-8,10-12H2,1H3,(H,18,20)/t14-/m0/s1. The van der Waals surface area contributed by atoms with Crippen molar-refractivity contribution < 1.29 is 9.53 Å². The first-order valence-corrected chi connectivity index (χ1v) is 8.09. The topological polar surface area (TPSA) is 56.2 Å². The van der Waals surface area contributed by atoms with Gasteiger partial charge in [0.25, 0.3) is 0 Å². The van der Waals surface area contributed by atoms with Crippen LogP contribution in [0.15, 0.2) is 12.3 Å². The van der Waals surface area contributed by atoms with Crippen LogP contribution in [0.5, 0.6) is 0 Å². The highest BCUT2D eigenvalue weighted by atomic mass is 16.5. The largest absolute Gasteiger partial charge is 0.373 e. The van der Waals surface area contributed by atoms with Gasteiger partial charge in [0.15, 0.2) is 0 Å². The number of carbonyl (C=O) groups excluding carboxylic acids is 1. The van der Waals surface area contributed by atoms with E-state index in [4.69, 9.17) is 4.74 Å². The molecule has 21 heavy (non-hydrogen) atoms. The summed E-state index contributed by atoms with van der Waals surface area (Å²) >= 11 is 0. The van der Waals surface area contributed by atoms with Crippen LogP contribution in [0, 0.1) is 6.92 Å². The molecule has 5 heteroatoms. The van der Waals surface area contributed by atoms with Crippen molar-refractivity contribution in [3.05, 3.63) is 18.0 Å². The van der Waals surface area contributed by atoms with E-state index in [1.54, 1.807) is 6.20 Å². The van der Waals surface area contributed by atoms with E-state index in [2.05, 4.69) is 10.4 Å². The molecule has 0 unspecified atom stereocenters. The highest BCUT2D eigenvalue weighted by Crippen LogP contribution is 2.39. The van der Waals surface area contributed by atoms with Gasteiger partial charge in [0.2, 0.25) is 5.91 Å². The van der Waals surface area contributed by atoms with Crippen LogP contribution in [-0.2, 0) is 16.1 Å². The monoisotopic (exact) mass is 291 g/mol. The molecule has 0 bridgehead atoms. The van der Waals surface area contributed by atoms with Gasteiger partial charge in [-0.1, -0.05) is 19.3 Å². The first-order chi connectivity index (χ1) is 10.2. The number of nitrogens with one attached hydrogen (secondary N) is 1. The summed E-state index contributed by atoms with van der Waals surface area (Å²) in [6.07, 6.45) is 9.40. The van der Waals surface area contributed by atoms with E-state index in [0.29, 0.717) is 19.6 Å². The molecule has 2 aliphatic rings. The van der Waals surface area contributed by atoms with E-state index in [0.717, 1.165) is 25.0 Å². The number of aryl methyl sites for hydroxylation is 2. The molecule has 1 aromatic heterocycles. The fourth-order valence-corrected chi connectivity index (χ4v) is 3.62. The summed E-state index contributed by atoms with van der Waals surface area (Å²) in [5, 5.41) is 7.33. The smallest absolute Gasteiger partial charge is 0.222 e. The second-order valence-corrected chi connectivity index (χ2v) is 6.47. The minimum absolute atomic E-state index is 0.0643. The highest BCUT2D eigenvalue weighted by Gasteiger charge is 2.41. The molecule has 0 aromatic carbocycles. The molecule has 1 aliphatic heterocycles. The molecule has 2 fully saturated rings. The zero-order valence-corrected chi connectivity index (χ0v) is 12.8. The maximum Gasteiger partial charge on any atom is 0.222 e. The van der Waals surface area contributed by atoms with Crippen molar-refractivity contribution in [3.8, 4) is 0 Å². The van der Waals surface area contributed by atoms with Crippen LogP contribution in [0.4, 0.5) is 0 Å². The summed E-state index contributed by atoms with van der Waals surface area (Å²) in [5.41, 5.74) is 1.16. The first-order valence-electron chi connectivity index (χ1n) is 8.09. The van der Waals surface area contributed by atoms with Gasteiger partial charge in [0, 0.05) is 24.9 Å². The van der Waals surface area contributed by atoms with Crippen LogP contribution >= 0.6 is 0 Å². The molecule has 1 N–H and O–H groups in total. The SMILES string of the molecule is Cc1ccnn1CCC(=O)N[C@@H]1COC2(CCCCC2)C1. The Morgan fingerprint density at radius 3 is 3.00 bits per heavy atom. The minimum atomic E-state index is 0.0643. The summed E-state index contributed by atoms with van der Waals surface area (Å²) < 4.78 is 7.90. The fourth-order valence-electron chi connectivity index (χ4n) is 3.62. The van der Waals surface area contributed by atoms with Crippen molar-refractivity contribution in [2.75, 3.05) is 6.61 Å². The lowest BCUT2D eigenvalue weighted by molar-refractivity contribution is -0.122. The Labute approximate surface area is 126 Å². The third-order valence-electron chi connectivity index (χ3n) is 4.82. The zero-order valence-electron chi connectivity index (χ0n) is 12.8. The molecular weight excluding hydrogens is 266 g/mol. The number of hydrogen-bond acceptors (Lipinski definition) is 3. The number of carbonyl (C=O) groups is 1. The summed E-state index contributed by atoms with van der Waals surface area (Å²) in [6, 6.07) is 2.14. The molecule has 1 saturated carbocycles. The summed E-state index contributed by atoms with van der Waals surface area (Å²) in [6.45, 7) is 3.32. The average Bonchev–Trinajstić information content (AvgIpc) is 3.05. The second kappa shape index (κ2) is 6.18. The van der Waals surface area contributed by atoms with E-state index in [1.807, 2.05) is 17.7 Å². The molecule has 2 heterocycles. The van der Waals surface area contributed by atoms with Gasteiger partial charge in [0.05, 0.1) is 18.2 Å². The second-order valence-electron chi connectivity index (χ2n) is 6.47. The van der Waals surface area contributed by atoms with Crippen LogP contribution in [0.3, 0.4) is 0 Å². The van der Waals surface area contributed by atoms with Gasteiger partial charge in [-0.2, -0.15) is 5.10 Å². The number of aromatic nitrogens is 2. The molecule has 1 saturated heterocycles. The van der Waals surface area contributed by atoms with Gasteiger partial charge in [-0.25, -0.2) is 0 Å². The summed E-state index contributed by atoms with van der Waals surface area (Å²) in [7, 11) is 0. The average molecular weight is 291 g/mol. The van der Waals surface area contributed by atoms with Crippen LogP contribution < -0.4 is 5.32 Å². The number of nitrogens with zero attached hydrogens (tertiary/aromatic N) is 2. The van der Waals surface area contributed by atoms with E-state index in [9.17, 15) is 4.79 Å². The third-order valence-corrected chi connectivity index (χ3v) is 4.82. The normalized spacial score (nSPS) is 24.3. The maximum absolute atomic E-state index is 12.1. The fraction of sp³-hybridized carbons (Fsp3) is 0.750. The quantitative estimate of drug-likeness (QED) is 0.925. The molecule has 5 nitrogen and oxygen atoms in total. The Kier molecular flexibility index (Phi) is 4.29. The van der Waals surface area contributed by atoms with Gasteiger partial charge < -0.3 is 10.1 Å². The molecule has 3 rings (SSSR count). The van der Waals surface area contributed by atoms with Gasteiger partial charge in [0.1, 0.15) is 0 Å². The molecule has 1 amide bonds. The number of hydrogen-bond donors (Lipinski definition) is 1. The van der Waals surface area contributed by atoms with Gasteiger partial charge in [-0.05, 0) is 32.3 Å². The van der Waals surface area contributed by atoms with Gasteiger partial charge >= 0.3 is 0 Å². The Balaban J connectivity index is 1.44. The Morgan fingerprint density at radius 1 is 1.48 bits per heavy atom. The van der Waals surface area contributed by atoms with Crippen molar-refractivity contribution in [1.82, 2.24) is 15.1 Å². The summed E-state index contributed by atoms with van der Waals surface area (Å²) in [4.78, 5) is 12.1. The molecule has 1 aromatic rings. The molecule has 1 atom stereocenters. The number of rotatable bonds is 4. The molecular formula is C16H25N3O2. The Morgan fingerprint density at radius 2 is 2.29 bits per heavy atom. The van der Waals surface area contributed by atoms with E-state index < -0.39 is 0 Å². The van der Waals surface area contributed by atoms with E-state index in [-0.39, 0.29) is 17.6 Å². The van der Waals surface area contributed by atoms with Crippen LogP contribution in [0.25, 0.3) is 0 Å². The van der Waals surface area contributed by atoms with Crippen LogP contribution in [0.2, 0.25) is 0 Å². The molecule has 116 valence electrons. The maximum atomic E-state index is 12.1. The minimum Gasteiger partial charge on any atom is -0.373 e. The molecule has 1 aliphatic carbocycles. The Bertz CT molecular complexity index is 491. The highest BCUT2D eigenvalue weighted by molar-refractivity contribution is 5.76. The third kappa shape index (κ3) is 3.46. The van der Waals surface area contributed by atoms with Crippen molar-refractivity contribution >= 4 is 5.91 Å².